The Kier molecular flexibility index (Phi) is 4.60. The maximum atomic E-state index is 6.07. The fourth-order valence-corrected chi connectivity index (χ4v) is 2.58. The molecule has 18 heavy (non-hydrogen) atoms. The first-order valence-electron chi connectivity index (χ1n) is 6.18. The van der Waals surface area contributed by atoms with Crippen LogP contribution in [-0.2, 0) is 4.74 Å². The summed E-state index contributed by atoms with van der Waals surface area (Å²) in [5.41, 5.74) is 0.810. The second-order valence-corrected chi connectivity index (χ2v) is 4.86. The van der Waals surface area contributed by atoms with Gasteiger partial charge in [-0.1, -0.05) is 11.6 Å². The zero-order chi connectivity index (χ0) is 13.0. The van der Waals surface area contributed by atoms with Crippen LogP contribution in [0.1, 0.15) is 12.8 Å². The van der Waals surface area contributed by atoms with Crippen molar-refractivity contribution in [2.45, 2.75) is 12.8 Å². The standard InChI is InChI=1S/C12H19ClN4O/c1-14-10-11(13)15-8-16-12(10)17-5-3-9(4-6-17)7-18-2/h8-9,14H,3-7H2,1-2H3. The van der Waals surface area contributed by atoms with Crippen molar-refractivity contribution in [3.63, 3.8) is 0 Å². The molecule has 1 aliphatic rings. The van der Waals surface area contributed by atoms with Crippen LogP contribution in [0, 0.1) is 5.92 Å². The summed E-state index contributed by atoms with van der Waals surface area (Å²) < 4.78 is 5.21. The van der Waals surface area contributed by atoms with E-state index in [1.54, 1.807) is 7.11 Å². The topological polar surface area (TPSA) is 50.3 Å². The molecule has 0 radical (unpaired) electrons. The maximum absolute atomic E-state index is 6.07. The molecule has 0 aromatic carbocycles. The Labute approximate surface area is 113 Å². The molecule has 6 heteroatoms. The highest BCUT2D eigenvalue weighted by molar-refractivity contribution is 6.32. The molecule has 0 bridgehead atoms. The molecule has 0 atom stereocenters. The van der Waals surface area contributed by atoms with Gasteiger partial charge in [-0.3, -0.25) is 0 Å². The van der Waals surface area contributed by atoms with Crippen molar-refractivity contribution in [3.05, 3.63) is 11.5 Å². The van der Waals surface area contributed by atoms with Crippen LogP contribution in [0.2, 0.25) is 5.15 Å². The number of nitrogens with zero attached hydrogens (tertiary/aromatic N) is 3. The maximum Gasteiger partial charge on any atom is 0.157 e. The molecule has 5 nitrogen and oxygen atoms in total. The lowest BCUT2D eigenvalue weighted by Crippen LogP contribution is -2.36. The van der Waals surface area contributed by atoms with E-state index in [4.69, 9.17) is 16.3 Å². The quantitative estimate of drug-likeness (QED) is 0.849. The Bertz CT molecular complexity index is 394. The Morgan fingerprint density at radius 1 is 1.44 bits per heavy atom. The zero-order valence-electron chi connectivity index (χ0n) is 10.8. The van der Waals surface area contributed by atoms with Gasteiger partial charge < -0.3 is 15.0 Å². The molecule has 0 amide bonds. The molecule has 1 fully saturated rings. The van der Waals surface area contributed by atoms with Gasteiger partial charge in [0.2, 0.25) is 0 Å². The van der Waals surface area contributed by atoms with Gasteiger partial charge in [0.15, 0.2) is 11.0 Å². The SMILES string of the molecule is CNc1c(Cl)ncnc1N1CCC(COC)CC1. The second kappa shape index (κ2) is 6.20. The Hall–Kier alpha value is -1.07. The number of piperidine rings is 1. The van der Waals surface area contributed by atoms with Crippen molar-refractivity contribution in [3.8, 4) is 0 Å². The third-order valence-corrected chi connectivity index (χ3v) is 3.63. The fourth-order valence-electron chi connectivity index (χ4n) is 2.36. The molecule has 1 N–H and O–H groups in total. The summed E-state index contributed by atoms with van der Waals surface area (Å²) in [5.74, 6) is 1.55. The van der Waals surface area contributed by atoms with Crippen molar-refractivity contribution in [2.24, 2.45) is 5.92 Å². The van der Waals surface area contributed by atoms with E-state index in [1.165, 1.54) is 6.33 Å². The van der Waals surface area contributed by atoms with Crippen LogP contribution in [0.3, 0.4) is 0 Å². The van der Waals surface area contributed by atoms with E-state index in [0.717, 1.165) is 44.0 Å². The number of methoxy groups -OCH3 is 1. The number of aromatic nitrogens is 2. The molecule has 0 spiro atoms. The molecular formula is C12H19ClN4O. The van der Waals surface area contributed by atoms with Crippen molar-refractivity contribution in [1.82, 2.24) is 9.97 Å². The molecular weight excluding hydrogens is 252 g/mol. The molecule has 1 aliphatic heterocycles. The van der Waals surface area contributed by atoms with Gasteiger partial charge in [-0.15, -0.1) is 0 Å². The molecule has 1 aromatic heterocycles. The number of nitrogens with one attached hydrogen (secondary N) is 1. The van der Waals surface area contributed by atoms with Gasteiger partial charge >= 0.3 is 0 Å². The molecule has 1 aromatic rings. The number of halogens is 1. The van der Waals surface area contributed by atoms with Gasteiger partial charge in [-0.05, 0) is 18.8 Å². The smallest absolute Gasteiger partial charge is 0.157 e. The predicted octanol–water partition coefficient (Wildman–Crippen LogP) is 2.03. The van der Waals surface area contributed by atoms with E-state index in [9.17, 15) is 0 Å². The van der Waals surface area contributed by atoms with E-state index in [-0.39, 0.29) is 0 Å². The first kappa shape index (κ1) is 13.4. The molecule has 0 saturated carbocycles. The van der Waals surface area contributed by atoms with E-state index >= 15 is 0 Å². The first-order chi connectivity index (χ1) is 8.76. The first-order valence-corrected chi connectivity index (χ1v) is 6.56. The van der Waals surface area contributed by atoms with Gasteiger partial charge in [-0.2, -0.15) is 0 Å². The summed E-state index contributed by atoms with van der Waals surface area (Å²) >= 11 is 6.07. The van der Waals surface area contributed by atoms with E-state index in [1.807, 2.05) is 7.05 Å². The van der Waals surface area contributed by atoms with Crippen LogP contribution in [0.25, 0.3) is 0 Å². The van der Waals surface area contributed by atoms with Crippen LogP contribution >= 0.6 is 11.6 Å². The Balaban J connectivity index is 2.07. The number of hydrogen-bond donors (Lipinski definition) is 1. The predicted molar refractivity (Wildman–Crippen MR) is 73.4 cm³/mol. The lowest BCUT2D eigenvalue weighted by atomic mass is 9.98. The molecule has 100 valence electrons. The molecule has 2 heterocycles. The van der Waals surface area contributed by atoms with Crippen LogP contribution in [0.4, 0.5) is 11.5 Å². The average Bonchev–Trinajstić information content (AvgIpc) is 2.40. The summed E-state index contributed by atoms with van der Waals surface area (Å²) in [7, 11) is 3.60. The minimum absolute atomic E-state index is 0.474. The normalized spacial score (nSPS) is 16.9. The highest BCUT2D eigenvalue weighted by Gasteiger charge is 2.22. The van der Waals surface area contributed by atoms with E-state index < -0.39 is 0 Å². The summed E-state index contributed by atoms with van der Waals surface area (Å²) in [4.78, 5) is 10.6. The minimum atomic E-state index is 0.474. The molecule has 0 unspecified atom stereocenters. The highest BCUT2D eigenvalue weighted by atomic mass is 35.5. The highest BCUT2D eigenvalue weighted by Crippen LogP contribution is 2.31. The number of ether oxygens (including phenoxy) is 1. The lowest BCUT2D eigenvalue weighted by Gasteiger charge is -2.33. The number of anilines is 2. The van der Waals surface area contributed by atoms with Gasteiger partial charge in [0.25, 0.3) is 0 Å². The largest absolute Gasteiger partial charge is 0.384 e. The second-order valence-electron chi connectivity index (χ2n) is 4.50. The number of hydrogen-bond acceptors (Lipinski definition) is 5. The monoisotopic (exact) mass is 270 g/mol. The van der Waals surface area contributed by atoms with Crippen molar-refractivity contribution < 1.29 is 4.74 Å². The summed E-state index contributed by atoms with van der Waals surface area (Å²) in [6.45, 7) is 2.81. The Morgan fingerprint density at radius 3 is 2.78 bits per heavy atom. The summed E-state index contributed by atoms with van der Waals surface area (Å²) in [5, 5.41) is 3.55. The van der Waals surface area contributed by atoms with Crippen molar-refractivity contribution >= 4 is 23.1 Å². The van der Waals surface area contributed by atoms with Crippen LogP contribution in [-0.4, -0.2) is 43.8 Å². The lowest BCUT2D eigenvalue weighted by molar-refractivity contribution is 0.139. The minimum Gasteiger partial charge on any atom is -0.384 e. The molecule has 0 aliphatic carbocycles. The van der Waals surface area contributed by atoms with Gasteiger partial charge in [0.05, 0.1) is 0 Å². The average molecular weight is 271 g/mol. The summed E-state index contributed by atoms with van der Waals surface area (Å²) in [6.07, 6.45) is 3.76. The fraction of sp³-hybridized carbons (Fsp3) is 0.667. The van der Waals surface area contributed by atoms with Gasteiger partial charge in [0, 0.05) is 33.9 Å². The third kappa shape index (κ3) is 2.84. The van der Waals surface area contributed by atoms with Crippen LogP contribution < -0.4 is 10.2 Å². The molecule has 1 saturated heterocycles. The van der Waals surface area contributed by atoms with Crippen LogP contribution in [0.15, 0.2) is 6.33 Å². The van der Waals surface area contributed by atoms with Crippen LogP contribution in [0.5, 0.6) is 0 Å². The zero-order valence-corrected chi connectivity index (χ0v) is 11.6. The Morgan fingerprint density at radius 2 is 2.17 bits per heavy atom. The third-order valence-electron chi connectivity index (χ3n) is 3.35. The van der Waals surface area contributed by atoms with Crippen molar-refractivity contribution in [2.75, 3.05) is 44.1 Å². The van der Waals surface area contributed by atoms with Crippen molar-refractivity contribution in [1.29, 1.82) is 0 Å². The number of rotatable bonds is 4. The summed E-state index contributed by atoms with van der Waals surface area (Å²) in [6, 6.07) is 0. The molecule has 2 rings (SSSR count). The van der Waals surface area contributed by atoms with E-state index in [2.05, 4.69) is 20.2 Å². The van der Waals surface area contributed by atoms with Gasteiger partial charge in [0.1, 0.15) is 12.0 Å². The van der Waals surface area contributed by atoms with Gasteiger partial charge in [-0.25, -0.2) is 9.97 Å². The van der Waals surface area contributed by atoms with E-state index in [0.29, 0.717) is 11.1 Å².